The minimum absolute atomic E-state index is 0.00539. The van der Waals surface area contributed by atoms with E-state index in [4.69, 9.17) is 23.8 Å². The highest BCUT2D eigenvalue weighted by molar-refractivity contribution is 5.76. The summed E-state index contributed by atoms with van der Waals surface area (Å²) in [5, 5.41) is 7.12. The molecule has 182 valence electrons. The molecule has 0 saturated carbocycles. The molecule has 8 nitrogen and oxygen atoms in total. The summed E-state index contributed by atoms with van der Waals surface area (Å²) in [5.74, 6) is -0.738. The third-order valence-corrected chi connectivity index (χ3v) is 5.65. The number of hydrogen-bond donors (Lipinski definition) is 1. The number of likely N-dealkylation sites (tertiary alicyclic amines) is 1. The number of carbonyl (C=O) groups excluding carboxylic acids is 1. The van der Waals surface area contributed by atoms with Crippen molar-refractivity contribution in [1.82, 2.24) is 9.80 Å². The number of carboxylic acids is 1. The minimum Gasteiger partial charge on any atom is -0.475 e. The number of halogens is 3. The van der Waals surface area contributed by atoms with Gasteiger partial charge in [0.05, 0.1) is 25.9 Å². The molecule has 1 aromatic rings. The summed E-state index contributed by atoms with van der Waals surface area (Å²) in [6.07, 6.45) is -1.62. The topological polar surface area (TPSA) is 92.5 Å². The molecule has 2 saturated heterocycles. The zero-order valence-corrected chi connectivity index (χ0v) is 18.6. The number of piperidine rings is 1. The predicted octanol–water partition coefficient (Wildman–Crippen LogP) is 2.70. The van der Waals surface area contributed by atoms with Gasteiger partial charge in [-0.1, -0.05) is 0 Å². The van der Waals surface area contributed by atoms with Gasteiger partial charge in [-0.15, -0.1) is 0 Å². The average Bonchev–Trinajstić information content (AvgIpc) is 3.29. The Hall–Kier alpha value is -2.11. The molecule has 3 rings (SSSR count). The van der Waals surface area contributed by atoms with Gasteiger partial charge in [0.2, 0.25) is 5.91 Å². The quantitative estimate of drug-likeness (QED) is 0.692. The van der Waals surface area contributed by atoms with E-state index in [1.807, 2.05) is 13.0 Å². The number of ether oxygens (including phenoxy) is 2. The Morgan fingerprint density at radius 2 is 1.91 bits per heavy atom. The summed E-state index contributed by atoms with van der Waals surface area (Å²) in [6, 6.07) is 4.10. The number of aliphatic carboxylic acids is 1. The van der Waals surface area contributed by atoms with Gasteiger partial charge in [-0.25, -0.2) is 4.79 Å². The van der Waals surface area contributed by atoms with Gasteiger partial charge in [0.1, 0.15) is 18.1 Å². The van der Waals surface area contributed by atoms with Crippen LogP contribution in [0.25, 0.3) is 0 Å². The van der Waals surface area contributed by atoms with Crippen LogP contribution in [-0.2, 0) is 25.6 Å². The van der Waals surface area contributed by atoms with Crippen molar-refractivity contribution in [3.63, 3.8) is 0 Å². The first-order valence-electron chi connectivity index (χ1n) is 10.4. The Kier molecular flexibility index (Phi) is 9.11. The number of likely N-dealkylation sites (N-methyl/N-ethyl adjacent to an activating group) is 1. The Morgan fingerprint density at radius 3 is 2.41 bits per heavy atom. The Bertz CT molecular complexity index is 757. The van der Waals surface area contributed by atoms with Crippen LogP contribution < -0.4 is 0 Å². The zero-order valence-electron chi connectivity index (χ0n) is 18.6. The van der Waals surface area contributed by atoms with Gasteiger partial charge >= 0.3 is 12.1 Å². The van der Waals surface area contributed by atoms with Crippen LogP contribution >= 0.6 is 0 Å². The second-order valence-corrected chi connectivity index (χ2v) is 8.53. The normalized spacial score (nSPS) is 20.6. The van der Waals surface area contributed by atoms with Crippen LogP contribution in [0.1, 0.15) is 30.8 Å². The molecule has 1 N–H and O–H groups in total. The standard InChI is InChI=1S/C19H30N2O4.C2HF3O2/c1-15-4-5-16(25-15)11-21-8-6-19(7-9-21)10-17(24-14-19)12-23-13-18(22)20(2)3;3-2(4,5)1(6)7/h4-5,17H,6-14H2,1-3H3;(H,6,7). The van der Waals surface area contributed by atoms with E-state index in [1.54, 1.807) is 19.0 Å². The molecule has 1 atom stereocenters. The summed E-state index contributed by atoms with van der Waals surface area (Å²) in [7, 11) is 3.48. The molecule has 0 aromatic carbocycles. The number of carbonyl (C=O) groups is 2. The van der Waals surface area contributed by atoms with Gasteiger partial charge < -0.3 is 23.9 Å². The highest BCUT2D eigenvalue weighted by atomic mass is 19.4. The highest BCUT2D eigenvalue weighted by Crippen LogP contribution is 2.42. The maximum absolute atomic E-state index is 11.5. The van der Waals surface area contributed by atoms with Gasteiger partial charge in [0, 0.05) is 14.1 Å². The van der Waals surface area contributed by atoms with E-state index in [-0.39, 0.29) is 24.0 Å². The number of furan rings is 1. The molecule has 3 heterocycles. The first kappa shape index (κ1) is 26.1. The summed E-state index contributed by atoms with van der Waals surface area (Å²) in [5.41, 5.74) is 0.287. The fourth-order valence-electron chi connectivity index (χ4n) is 3.73. The number of hydrogen-bond acceptors (Lipinski definition) is 6. The summed E-state index contributed by atoms with van der Waals surface area (Å²) < 4.78 is 48.9. The summed E-state index contributed by atoms with van der Waals surface area (Å²) >= 11 is 0. The van der Waals surface area contributed by atoms with Crippen LogP contribution in [0.3, 0.4) is 0 Å². The van der Waals surface area contributed by atoms with E-state index in [9.17, 15) is 18.0 Å². The SMILES string of the molecule is Cc1ccc(CN2CCC3(CC2)COC(COCC(=O)N(C)C)C3)o1.O=C(O)C(F)(F)F. The number of rotatable bonds is 6. The smallest absolute Gasteiger partial charge is 0.475 e. The lowest BCUT2D eigenvalue weighted by Crippen LogP contribution is -2.40. The van der Waals surface area contributed by atoms with E-state index in [0.717, 1.165) is 57.0 Å². The van der Waals surface area contributed by atoms with Crippen LogP contribution in [0.5, 0.6) is 0 Å². The lowest BCUT2D eigenvalue weighted by molar-refractivity contribution is -0.192. The maximum Gasteiger partial charge on any atom is 0.490 e. The van der Waals surface area contributed by atoms with Gasteiger partial charge in [-0.2, -0.15) is 13.2 Å². The van der Waals surface area contributed by atoms with Crippen molar-refractivity contribution in [1.29, 1.82) is 0 Å². The van der Waals surface area contributed by atoms with Crippen molar-refractivity contribution in [2.45, 2.75) is 45.0 Å². The predicted molar refractivity (Wildman–Crippen MR) is 108 cm³/mol. The molecule has 2 fully saturated rings. The maximum atomic E-state index is 11.5. The number of amides is 1. The first-order chi connectivity index (χ1) is 14.9. The Morgan fingerprint density at radius 1 is 1.28 bits per heavy atom. The lowest BCUT2D eigenvalue weighted by Gasteiger charge is -2.38. The molecule has 32 heavy (non-hydrogen) atoms. The molecule has 1 aromatic heterocycles. The van der Waals surface area contributed by atoms with Crippen LogP contribution in [0.4, 0.5) is 13.2 Å². The van der Waals surface area contributed by atoms with Gasteiger partial charge in [0.15, 0.2) is 0 Å². The molecule has 11 heteroatoms. The van der Waals surface area contributed by atoms with Crippen LogP contribution in [0.15, 0.2) is 16.5 Å². The van der Waals surface area contributed by atoms with Gasteiger partial charge in [-0.05, 0) is 56.8 Å². The molecular weight excluding hydrogens is 433 g/mol. The van der Waals surface area contributed by atoms with Crippen molar-refractivity contribution < 1.29 is 41.8 Å². The van der Waals surface area contributed by atoms with E-state index in [2.05, 4.69) is 11.0 Å². The molecule has 1 unspecified atom stereocenters. The average molecular weight is 464 g/mol. The van der Waals surface area contributed by atoms with Gasteiger partial charge in [-0.3, -0.25) is 9.69 Å². The monoisotopic (exact) mass is 464 g/mol. The highest BCUT2D eigenvalue weighted by Gasteiger charge is 2.42. The molecular formula is C21H31F3N2O6. The zero-order chi connectivity index (χ0) is 23.9. The van der Waals surface area contributed by atoms with Gasteiger partial charge in [0.25, 0.3) is 0 Å². The van der Waals surface area contributed by atoms with Crippen molar-refractivity contribution in [2.24, 2.45) is 5.41 Å². The van der Waals surface area contributed by atoms with E-state index < -0.39 is 12.1 Å². The molecule has 0 aliphatic carbocycles. The summed E-state index contributed by atoms with van der Waals surface area (Å²) in [4.78, 5) is 24.5. The van der Waals surface area contributed by atoms with Crippen molar-refractivity contribution >= 4 is 11.9 Å². The number of aryl methyl sites for hydroxylation is 1. The molecule has 2 aliphatic rings. The van der Waals surface area contributed by atoms with Crippen LogP contribution in [0, 0.1) is 12.3 Å². The number of alkyl halides is 3. The third kappa shape index (κ3) is 8.10. The fourth-order valence-corrected chi connectivity index (χ4v) is 3.73. The van der Waals surface area contributed by atoms with Crippen LogP contribution in [0.2, 0.25) is 0 Å². The van der Waals surface area contributed by atoms with E-state index in [0.29, 0.717) is 6.61 Å². The molecule has 2 aliphatic heterocycles. The molecule has 0 bridgehead atoms. The minimum atomic E-state index is -5.08. The first-order valence-corrected chi connectivity index (χ1v) is 10.4. The lowest BCUT2D eigenvalue weighted by atomic mass is 9.76. The Balaban J connectivity index is 0.000000451. The van der Waals surface area contributed by atoms with Crippen molar-refractivity contribution in [3.05, 3.63) is 23.7 Å². The second-order valence-electron chi connectivity index (χ2n) is 8.53. The van der Waals surface area contributed by atoms with E-state index in [1.165, 1.54) is 0 Å². The largest absolute Gasteiger partial charge is 0.490 e. The van der Waals surface area contributed by atoms with Crippen molar-refractivity contribution in [3.8, 4) is 0 Å². The summed E-state index contributed by atoms with van der Waals surface area (Å²) in [6.45, 7) is 6.50. The number of carboxylic acid groups (broad SMARTS) is 1. The van der Waals surface area contributed by atoms with Crippen molar-refractivity contribution in [2.75, 3.05) is 47.0 Å². The Labute approximate surface area is 185 Å². The molecule has 0 radical (unpaired) electrons. The fraction of sp³-hybridized carbons (Fsp3) is 0.714. The molecule has 1 spiro atoms. The number of nitrogens with zero attached hydrogens (tertiary/aromatic N) is 2. The third-order valence-electron chi connectivity index (χ3n) is 5.65. The molecule has 1 amide bonds. The van der Waals surface area contributed by atoms with E-state index >= 15 is 0 Å². The van der Waals surface area contributed by atoms with Crippen LogP contribution in [-0.4, -0.2) is 86.1 Å². The second kappa shape index (κ2) is 11.2.